The molecular formula is C11H5BrF3N3O. The molecule has 98 valence electrons. The molecule has 0 fully saturated rings. The van der Waals surface area contributed by atoms with Gasteiger partial charge < -0.3 is 5.32 Å². The van der Waals surface area contributed by atoms with Gasteiger partial charge in [0.1, 0.15) is 4.60 Å². The van der Waals surface area contributed by atoms with Crippen LogP contribution in [-0.4, -0.2) is 15.9 Å². The lowest BCUT2D eigenvalue weighted by Crippen LogP contribution is -2.16. The van der Waals surface area contributed by atoms with Crippen LogP contribution in [0.4, 0.5) is 19.0 Å². The van der Waals surface area contributed by atoms with Gasteiger partial charge in [-0.15, -0.1) is 0 Å². The van der Waals surface area contributed by atoms with Gasteiger partial charge in [-0.2, -0.15) is 0 Å². The van der Waals surface area contributed by atoms with Gasteiger partial charge in [0.25, 0.3) is 5.91 Å². The van der Waals surface area contributed by atoms with E-state index < -0.39 is 28.9 Å². The quantitative estimate of drug-likeness (QED) is 0.861. The fourth-order valence-corrected chi connectivity index (χ4v) is 1.47. The van der Waals surface area contributed by atoms with Crippen molar-refractivity contribution >= 4 is 27.7 Å². The molecule has 0 spiro atoms. The molecule has 0 radical (unpaired) electrons. The van der Waals surface area contributed by atoms with Gasteiger partial charge in [0.15, 0.2) is 23.3 Å². The second kappa shape index (κ2) is 5.35. The molecule has 2 aromatic rings. The number of aromatic nitrogens is 2. The number of hydrogen-bond donors (Lipinski definition) is 1. The zero-order valence-electron chi connectivity index (χ0n) is 9.12. The van der Waals surface area contributed by atoms with Crippen molar-refractivity contribution in [1.29, 1.82) is 0 Å². The summed E-state index contributed by atoms with van der Waals surface area (Å²) >= 11 is 3.05. The van der Waals surface area contributed by atoms with E-state index in [-0.39, 0.29) is 5.82 Å². The van der Waals surface area contributed by atoms with Crippen LogP contribution < -0.4 is 5.32 Å². The Kier molecular flexibility index (Phi) is 3.79. The van der Waals surface area contributed by atoms with E-state index >= 15 is 0 Å². The van der Waals surface area contributed by atoms with Crippen LogP contribution >= 0.6 is 15.9 Å². The Morgan fingerprint density at radius 2 is 1.84 bits per heavy atom. The van der Waals surface area contributed by atoms with Crippen molar-refractivity contribution < 1.29 is 18.0 Å². The lowest BCUT2D eigenvalue weighted by Gasteiger charge is -2.05. The summed E-state index contributed by atoms with van der Waals surface area (Å²) in [5.41, 5.74) is -0.622. The number of carbonyl (C=O) groups is 1. The predicted octanol–water partition coefficient (Wildman–Crippen LogP) is 2.91. The third kappa shape index (κ3) is 2.90. The Labute approximate surface area is 113 Å². The van der Waals surface area contributed by atoms with Crippen molar-refractivity contribution in [3.63, 3.8) is 0 Å². The lowest BCUT2D eigenvalue weighted by molar-refractivity contribution is 0.102. The fourth-order valence-electron chi connectivity index (χ4n) is 1.26. The number of benzene rings is 1. The average Bonchev–Trinajstić information content (AvgIpc) is 2.39. The summed E-state index contributed by atoms with van der Waals surface area (Å²) in [7, 11) is 0. The molecule has 1 heterocycles. The first kappa shape index (κ1) is 13.5. The van der Waals surface area contributed by atoms with Gasteiger partial charge in [-0.3, -0.25) is 4.79 Å². The average molecular weight is 332 g/mol. The Hall–Kier alpha value is -1.96. The molecule has 19 heavy (non-hydrogen) atoms. The number of carbonyl (C=O) groups excluding carboxylic acids is 1. The Morgan fingerprint density at radius 3 is 2.47 bits per heavy atom. The standard InChI is InChI=1S/C11H5BrF3N3O/c12-7-3-17-8(4-16-7)18-11(19)5-1-2-6(13)10(15)9(5)14/h1-4H,(H,17,18,19). The SMILES string of the molecule is O=C(Nc1cnc(Br)cn1)c1ccc(F)c(F)c1F. The third-order valence-electron chi connectivity index (χ3n) is 2.14. The number of nitrogens with one attached hydrogen (secondary N) is 1. The van der Waals surface area contributed by atoms with Gasteiger partial charge in [-0.1, -0.05) is 0 Å². The number of rotatable bonds is 2. The molecule has 0 atom stereocenters. The molecule has 0 bridgehead atoms. The second-order valence-electron chi connectivity index (χ2n) is 3.40. The number of nitrogens with zero attached hydrogens (tertiary/aromatic N) is 2. The normalized spacial score (nSPS) is 10.3. The van der Waals surface area contributed by atoms with E-state index in [1.54, 1.807) is 0 Å². The first-order valence-corrected chi connectivity index (χ1v) is 5.70. The number of halogens is 4. The van der Waals surface area contributed by atoms with Crippen molar-refractivity contribution in [3.05, 3.63) is 52.1 Å². The van der Waals surface area contributed by atoms with E-state index in [2.05, 4.69) is 31.2 Å². The van der Waals surface area contributed by atoms with Crippen LogP contribution in [0.1, 0.15) is 10.4 Å². The Morgan fingerprint density at radius 1 is 1.11 bits per heavy atom. The van der Waals surface area contributed by atoms with Gasteiger partial charge in [0.2, 0.25) is 0 Å². The highest BCUT2D eigenvalue weighted by Crippen LogP contribution is 2.16. The highest BCUT2D eigenvalue weighted by molar-refractivity contribution is 9.10. The van der Waals surface area contributed by atoms with Crippen molar-refractivity contribution in [2.24, 2.45) is 0 Å². The zero-order chi connectivity index (χ0) is 14.0. The summed E-state index contributed by atoms with van der Waals surface area (Å²) in [6.07, 6.45) is 2.54. The van der Waals surface area contributed by atoms with Crippen LogP contribution in [0.2, 0.25) is 0 Å². The molecule has 1 aromatic carbocycles. The summed E-state index contributed by atoms with van der Waals surface area (Å²) in [4.78, 5) is 19.2. The van der Waals surface area contributed by atoms with Crippen molar-refractivity contribution in [1.82, 2.24) is 9.97 Å². The molecule has 1 aromatic heterocycles. The highest BCUT2D eigenvalue weighted by atomic mass is 79.9. The summed E-state index contributed by atoms with van der Waals surface area (Å²) in [6.45, 7) is 0. The summed E-state index contributed by atoms with van der Waals surface area (Å²) in [5, 5.41) is 2.21. The van der Waals surface area contributed by atoms with Crippen LogP contribution in [-0.2, 0) is 0 Å². The molecule has 0 aliphatic rings. The molecule has 1 amide bonds. The Bertz CT molecular complexity index is 634. The number of anilines is 1. The monoisotopic (exact) mass is 331 g/mol. The van der Waals surface area contributed by atoms with Gasteiger partial charge in [0.05, 0.1) is 18.0 Å². The molecule has 0 saturated heterocycles. The van der Waals surface area contributed by atoms with E-state index in [9.17, 15) is 18.0 Å². The van der Waals surface area contributed by atoms with Gasteiger partial charge in [0, 0.05) is 0 Å². The minimum Gasteiger partial charge on any atom is -0.305 e. The van der Waals surface area contributed by atoms with E-state index in [4.69, 9.17) is 0 Å². The van der Waals surface area contributed by atoms with Crippen LogP contribution in [0.15, 0.2) is 29.1 Å². The first-order chi connectivity index (χ1) is 8.99. The predicted molar refractivity (Wildman–Crippen MR) is 64.0 cm³/mol. The molecule has 2 rings (SSSR count). The van der Waals surface area contributed by atoms with E-state index in [1.807, 2.05) is 0 Å². The molecule has 0 unspecified atom stereocenters. The number of amides is 1. The lowest BCUT2D eigenvalue weighted by atomic mass is 10.2. The molecule has 8 heteroatoms. The molecule has 0 saturated carbocycles. The molecular weight excluding hydrogens is 327 g/mol. The third-order valence-corrected chi connectivity index (χ3v) is 2.55. The topological polar surface area (TPSA) is 54.9 Å². The van der Waals surface area contributed by atoms with Gasteiger partial charge >= 0.3 is 0 Å². The van der Waals surface area contributed by atoms with Crippen molar-refractivity contribution in [3.8, 4) is 0 Å². The van der Waals surface area contributed by atoms with E-state index in [0.29, 0.717) is 10.7 Å². The summed E-state index contributed by atoms with van der Waals surface area (Å²) in [6, 6.07) is 1.51. The number of hydrogen-bond acceptors (Lipinski definition) is 3. The first-order valence-electron chi connectivity index (χ1n) is 4.91. The minimum absolute atomic E-state index is 0.0531. The van der Waals surface area contributed by atoms with Crippen molar-refractivity contribution in [2.75, 3.05) is 5.32 Å². The molecule has 1 N–H and O–H groups in total. The van der Waals surface area contributed by atoms with Gasteiger partial charge in [-0.05, 0) is 28.1 Å². The van der Waals surface area contributed by atoms with Crippen LogP contribution in [0.5, 0.6) is 0 Å². The summed E-state index contributed by atoms with van der Waals surface area (Å²) in [5.74, 6) is -5.51. The minimum atomic E-state index is -1.70. The Balaban J connectivity index is 2.25. The largest absolute Gasteiger partial charge is 0.305 e. The molecule has 4 nitrogen and oxygen atoms in total. The zero-order valence-corrected chi connectivity index (χ0v) is 10.7. The molecule has 0 aliphatic carbocycles. The highest BCUT2D eigenvalue weighted by Gasteiger charge is 2.19. The maximum Gasteiger partial charge on any atom is 0.259 e. The smallest absolute Gasteiger partial charge is 0.259 e. The van der Waals surface area contributed by atoms with Crippen LogP contribution in [0.25, 0.3) is 0 Å². The summed E-state index contributed by atoms with van der Waals surface area (Å²) < 4.78 is 39.5. The van der Waals surface area contributed by atoms with E-state index in [0.717, 1.165) is 6.07 Å². The van der Waals surface area contributed by atoms with Crippen LogP contribution in [0.3, 0.4) is 0 Å². The second-order valence-corrected chi connectivity index (χ2v) is 4.21. The molecule has 0 aliphatic heterocycles. The fraction of sp³-hybridized carbons (Fsp3) is 0. The maximum atomic E-state index is 13.4. The van der Waals surface area contributed by atoms with Crippen LogP contribution in [0, 0.1) is 17.5 Å². The van der Waals surface area contributed by atoms with Crippen molar-refractivity contribution in [2.45, 2.75) is 0 Å². The van der Waals surface area contributed by atoms with E-state index in [1.165, 1.54) is 12.4 Å². The van der Waals surface area contributed by atoms with Gasteiger partial charge in [-0.25, -0.2) is 23.1 Å². The maximum absolute atomic E-state index is 13.4.